The van der Waals surface area contributed by atoms with Gasteiger partial charge in [-0.05, 0) is 0 Å². The minimum absolute atomic E-state index is 0.305. The van der Waals surface area contributed by atoms with E-state index in [1.54, 1.807) is 4.90 Å². The first-order valence-corrected chi connectivity index (χ1v) is 4.29. The van der Waals surface area contributed by atoms with Gasteiger partial charge in [0.2, 0.25) is 0 Å². The molecule has 1 fully saturated rings. The number of carbonyl (C=O) groups excluding carboxylic acids is 1. The van der Waals surface area contributed by atoms with Crippen molar-refractivity contribution in [1.29, 1.82) is 0 Å². The summed E-state index contributed by atoms with van der Waals surface area (Å²) < 4.78 is 4.32. The van der Waals surface area contributed by atoms with Gasteiger partial charge in [-0.25, -0.2) is 4.79 Å². The number of hydrogen-bond donors (Lipinski definition) is 0. The third kappa shape index (κ3) is 1.80. The molecule has 57 valence electrons. The quantitative estimate of drug-likeness (QED) is 0.528. The predicted octanol–water partition coefficient (Wildman–Crippen LogP) is 0.963. The monoisotopic (exact) mass is 160 g/mol. The fraction of sp³-hybridized carbons (Fsp3) is 0.667. The van der Waals surface area contributed by atoms with Crippen molar-refractivity contribution in [3.8, 4) is 0 Å². The number of thioether (sulfide) groups is 1. The summed E-state index contributed by atoms with van der Waals surface area (Å²) in [5.74, 6) is 2.02. The lowest BCUT2D eigenvalue weighted by Gasteiger charge is -2.24. The van der Waals surface area contributed by atoms with Crippen molar-refractivity contribution in [3.63, 3.8) is 0 Å². The molecule has 0 aromatic rings. The van der Waals surface area contributed by atoms with E-state index in [9.17, 15) is 4.79 Å². The number of hydrogen-bond acceptors (Lipinski definition) is 3. The molecule has 0 aliphatic carbocycles. The standard InChI is InChI=1S/C6H10NO2S/c1-9-6(8)7-2-4-10-5-3-7/h1-5H2. The molecule has 0 aromatic carbocycles. The zero-order valence-corrected chi connectivity index (χ0v) is 6.52. The van der Waals surface area contributed by atoms with E-state index in [2.05, 4.69) is 11.8 Å². The molecule has 10 heavy (non-hydrogen) atoms. The summed E-state index contributed by atoms with van der Waals surface area (Å²) in [6.07, 6.45) is -0.305. The highest BCUT2D eigenvalue weighted by Gasteiger charge is 2.15. The van der Waals surface area contributed by atoms with Crippen LogP contribution in [0.25, 0.3) is 0 Å². The Morgan fingerprint density at radius 2 is 2.10 bits per heavy atom. The van der Waals surface area contributed by atoms with Crippen molar-refractivity contribution in [3.05, 3.63) is 7.11 Å². The average molecular weight is 160 g/mol. The molecule has 1 aliphatic heterocycles. The van der Waals surface area contributed by atoms with E-state index < -0.39 is 0 Å². The van der Waals surface area contributed by atoms with Crippen LogP contribution in [-0.2, 0) is 4.74 Å². The van der Waals surface area contributed by atoms with Crippen LogP contribution >= 0.6 is 11.8 Å². The van der Waals surface area contributed by atoms with E-state index in [4.69, 9.17) is 0 Å². The normalized spacial score (nSPS) is 18.7. The van der Waals surface area contributed by atoms with Crippen molar-refractivity contribution < 1.29 is 9.53 Å². The maximum absolute atomic E-state index is 10.8. The number of rotatable bonds is 0. The first kappa shape index (κ1) is 7.72. The number of carbonyl (C=O) groups is 1. The molecule has 1 radical (unpaired) electrons. The van der Waals surface area contributed by atoms with Gasteiger partial charge in [0.15, 0.2) is 0 Å². The van der Waals surface area contributed by atoms with Crippen molar-refractivity contribution in [2.24, 2.45) is 0 Å². The second-order valence-corrected chi connectivity index (χ2v) is 3.23. The zero-order chi connectivity index (χ0) is 7.40. The molecule has 1 heterocycles. The number of amides is 1. The van der Waals surface area contributed by atoms with E-state index in [1.165, 1.54) is 0 Å². The lowest BCUT2D eigenvalue weighted by Crippen LogP contribution is -2.37. The summed E-state index contributed by atoms with van der Waals surface area (Å²) in [6.45, 7) is 1.58. The Morgan fingerprint density at radius 1 is 1.50 bits per heavy atom. The topological polar surface area (TPSA) is 29.5 Å². The van der Waals surface area contributed by atoms with Crippen LogP contribution in [0.5, 0.6) is 0 Å². The smallest absolute Gasteiger partial charge is 0.409 e. The largest absolute Gasteiger partial charge is 0.446 e. The highest BCUT2D eigenvalue weighted by Crippen LogP contribution is 2.09. The highest BCUT2D eigenvalue weighted by atomic mass is 32.2. The van der Waals surface area contributed by atoms with Gasteiger partial charge >= 0.3 is 6.09 Å². The molecule has 0 spiro atoms. The maximum Gasteiger partial charge on any atom is 0.409 e. The van der Waals surface area contributed by atoms with Crippen LogP contribution in [0.15, 0.2) is 0 Å². The van der Waals surface area contributed by atoms with Gasteiger partial charge in [-0.15, -0.1) is 0 Å². The van der Waals surface area contributed by atoms with Crippen molar-refractivity contribution in [2.45, 2.75) is 0 Å². The van der Waals surface area contributed by atoms with Crippen LogP contribution < -0.4 is 0 Å². The predicted molar refractivity (Wildman–Crippen MR) is 40.7 cm³/mol. The van der Waals surface area contributed by atoms with E-state index in [0.29, 0.717) is 0 Å². The zero-order valence-electron chi connectivity index (χ0n) is 5.71. The minimum Gasteiger partial charge on any atom is -0.446 e. The van der Waals surface area contributed by atoms with Gasteiger partial charge in [-0.3, -0.25) is 0 Å². The Hall–Kier alpha value is -0.380. The first-order chi connectivity index (χ1) is 4.84. The summed E-state index contributed by atoms with van der Waals surface area (Å²) in [5, 5.41) is 0. The van der Waals surface area contributed by atoms with Crippen LogP contribution in [0.2, 0.25) is 0 Å². The Morgan fingerprint density at radius 3 is 2.60 bits per heavy atom. The molecule has 1 amide bonds. The Bertz CT molecular complexity index is 123. The Labute approximate surface area is 64.7 Å². The van der Waals surface area contributed by atoms with E-state index in [-0.39, 0.29) is 6.09 Å². The minimum atomic E-state index is -0.305. The lowest BCUT2D eigenvalue weighted by atomic mass is 10.5. The molecule has 0 N–H and O–H groups in total. The first-order valence-electron chi connectivity index (χ1n) is 3.13. The Balaban J connectivity index is 2.31. The third-order valence-electron chi connectivity index (χ3n) is 1.39. The van der Waals surface area contributed by atoms with Gasteiger partial charge in [-0.1, -0.05) is 0 Å². The summed E-state index contributed by atoms with van der Waals surface area (Å²) in [4.78, 5) is 12.5. The maximum atomic E-state index is 10.8. The van der Waals surface area contributed by atoms with E-state index in [1.807, 2.05) is 11.8 Å². The molecule has 4 heteroatoms. The molecule has 0 unspecified atom stereocenters. The third-order valence-corrected chi connectivity index (χ3v) is 2.34. The summed E-state index contributed by atoms with van der Waals surface area (Å²) in [5.41, 5.74) is 0. The van der Waals surface area contributed by atoms with Gasteiger partial charge in [-0.2, -0.15) is 11.8 Å². The second kappa shape index (κ2) is 3.71. The SMILES string of the molecule is [CH2]OC(=O)N1CCSCC1. The lowest BCUT2D eigenvalue weighted by molar-refractivity contribution is 0.139. The molecule has 3 nitrogen and oxygen atoms in total. The van der Waals surface area contributed by atoms with Crippen LogP contribution in [0.3, 0.4) is 0 Å². The molecular weight excluding hydrogens is 150 g/mol. The summed E-state index contributed by atoms with van der Waals surface area (Å²) >= 11 is 1.86. The fourth-order valence-corrected chi connectivity index (χ4v) is 1.74. The average Bonchev–Trinajstić information content (AvgIpc) is 2.05. The van der Waals surface area contributed by atoms with Crippen molar-refractivity contribution in [1.82, 2.24) is 4.90 Å². The second-order valence-electron chi connectivity index (χ2n) is 2.01. The van der Waals surface area contributed by atoms with Crippen LogP contribution in [0.4, 0.5) is 4.79 Å². The van der Waals surface area contributed by atoms with Gasteiger partial charge in [0.1, 0.15) is 7.11 Å². The molecule has 0 saturated carbocycles. The van der Waals surface area contributed by atoms with Crippen LogP contribution in [0, 0.1) is 7.11 Å². The van der Waals surface area contributed by atoms with Crippen molar-refractivity contribution >= 4 is 17.9 Å². The molecule has 1 aliphatic rings. The number of ether oxygens (including phenoxy) is 1. The summed E-state index contributed by atoms with van der Waals surface area (Å²) in [7, 11) is 3.06. The van der Waals surface area contributed by atoms with Gasteiger partial charge in [0, 0.05) is 24.6 Å². The number of nitrogens with zero attached hydrogens (tertiary/aromatic N) is 1. The van der Waals surface area contributed by atoms with E-state index in [0.717, 1.165) is 24.6 Å². The fourth-order valence-electron chi connectivity index (χ4n) is 0.837. The highest BCUT2D eigenvalue weighted by molar-refractivity contribution is 7.99. The van der Waals surface area contributed by atoms with Crippen molar-refractivity contribution in [2.75, 3.05) is 24.6 Å². The van der Waals surface area contributed by atoms with Gasteiger partial charge in [0.05, 0.1) is 0 Å². The summed E-state index contributed by atoms with van der Waals surface area (Å²) in [6, 6.07) is 0. The van der Waals surface area contributed by atoms with E-state index >= 15 is 0 Å². The molecule has 0 bridgehead atoms. The van der Waals surface area contributed by atoms with Gasteiger partial charge < -0.3 is 9.64 Å². The molecule has 1 rings (SSSR count). The Kier molecular flexibility index (Phi) is 2.86. The molecular formula is C6H10NO2S. The van der Waals surface area contributed by atoms with Crippen LogP contribution in [-0.4, -0.2) is 35.6 Å². The van der Waals surface area contributed by atoms with Crippen LogP contribution in [0.1, 0.15) is 0 Å². The molecule has 0 atom stereocenters. The van der Waals surface area contributed by atoms with Gasteiger partial charge in [0.25, 0.3) is 0 Å². The molecule has 0 aromatic heterocycles. The molecule has 1 saturated heterocycles.